The molecule has 130 valence electrons. The Bertz CT molecular complexity index is 671. The first kappa shape index (κ1) is 17.3. The fourth-order valence-electron chi connectivity index (χ4n) is 3.36. The number of amides is 1. The summed E-state index contributed by atoms with van der Waals surface area (Å²) in [7, 11) is 2.06. The standard InChI is InChI=1S/C18H24BrN3O2/c1-21-10-6-7-14(21)15(22-11-4-2-3-5-12-22)13-20-18(23)16-8-9-17(19)24-16/h6-10,15H,2-5,11-13H2,1H3,(H,20,23)/t15-/m0/s1. The Balaban J connectivity index is 1.72. The molecule has 1 saturated heterocycles. The number of carbonyl (C=O) groups excluding carboxylic acids is 1. The Morgan fingerprint density at radius 1 is 1.25 bits per heavy atom. The van der Waals surface area contributed by atoms with Gasteiger partial charge in [0.2, 0.25) is 0 Å². The topological polar surface area (TPSA) is 50.4 Å². The monoisotopic (exact) mass is 393 g/mol. The number of nitrogens with one attached hydrogen (secondary N) is 1. The lowest BCUT2D eigenvalue weighted by molar-refractivity contribution is 0.0902. The van der Waals surface area contributed by atoms with E-state index in [-0.39, 0.29) is 11.9 Å². The highest BCUT2D eigenvalue weighted by Crippen LogP contribution is 2.24. The average Bonchev–Trinajstić information content (AvgIpc) is 3.09. The van der Waals surface area contributed by atoms with Crippen LogP contribution in [0.4, 0.5) is 0 Å². The van der Waals surface area contributed by atoms with Crippen molar-refractivity contribution in [3.05, 3.63) is 46.6 Å². The molecule has 0 bridgehead atoms. The number of halogens is 1. The molecule has 0 spiro atoms. The van der Waals surface area contributed by atoms with E-state index in [0.717, 1.165) is 13.1 Å². The molecule has 1 aliphatic rings. The van der Waals surface area contributed by atoms with E-state index in [4.69, 9.17) is 4.42 Å². The summed E-state index contributed by atoms with van der Waals surface area (Å²) in [4.78, 5) is 14.8. The van der Waals surface area contributed by atoms with Gasteiger partial charge < -0.3 is 14.3 Å². The summed E-state index contributed by atoms with van der Waals surface area (Å²) in [6, 6.07) is 7.81. The van der Waals surface area contributed by atoms with Crippen LogP contribution in [-0.4, -0.2) is 35.0 Å². The maximum Gasteiger partial charge on any atom is 0.287 e. The Labute approximate surface area is 151 Å². The smallest absolute Gasteiger partial charge is 0.287 e. The van der Waals surface area contributed by atoms with E-state index in [1.807, 2.05) is 0 Å². The lowest BCUT2D eigenvalue weighted by Crippen LogP contribution is -2.39. The van der Waals surface area contributed by atoms with Crippen molar-refractivity contribution in [2.75, 3.05) is 19.6 Å². The van der Waals surface area contributed by atoms with Crippen LogP contribution >= 0.6 is 15.9 Å². The molecule has 6 heteroatoms. The van der Waals surface area contributed by atoms with Gasteiger partial charge in [0.05, 0.1) is 6.04 Å². The summed E-state index contributed by atoms with van der Waals surface area (Å²) in [6.45, 7) is 2.74. The second-order valence-corrected chi connectivity index (χ2v) is 7.11. The van der Waals surface area contributed by atoms with Crippen molar-refractivity contribution in [2.24, 2.45) is 7.05 Å². The number of carbonyl (C=O) groups is 1. The lowest BCUT2D eigenvalue weighted by atomic mass is 10.1. The quantitative estimate of drug-likeness (QED) is 0.841. The highest BCUT2D eigenvalue weighted by atomic mass is 79.9. The molecule has 2 aromatic rings. The minimum atomic E-state index is -0.172. The Kier molecular flexibility index (Phi) is 5.79. The maximum atomic E-state index is 12.3. The molecule has 3 heterocycles. The molecule has 0 aliphatic carbocycles. The Hall–Kier alpha value is -1.53. The molecule has 1 atom stereocenters. The number of hydrogen-bond donors (Lipinski definition) is 1. The van der Waals surface area contributed by atoms with Crippen LogP contribution in [0.2, 0.25) is 0 Å². The SMILES string of the molecule is Cn1cccc1[C@H](CNC(=O)c1ccc(Br)o1)N1CCCCCC1. The minimum Gasteiger partial charge on any atom is -0.444 e. The van der Waals surface area contributed by atoms with Crippen LogP contribution < -0.4 is 5.32 Å². The molecular weight excluding hydrogens is 370 g/mol. The number of likely N-dealkylation sites (tertiary alicyclic amines) is 1. The average molecular weight is 394 g/mol. The molecule has 24 heavy (non-hydrogen) atoms. The number of rotatable bonds is 5. The molecule has 0 radical (unpaired) electrons. The van der Waals surface area contributed by atoms with Crippen LogP contribution in [0.5, 0.6) is 0 Å². The largest absolute Gasteiger partial charge is 0.444 e. The van der Waals surface area contributed by atoms with E-state index in [0.29, 0.717) is 17.0 Å². The molecule has 3 rings (SSSR count). The van der Waals surface area contributed by atoms with Crippen molar-refractivity contribution in [3.63, 3.8) is 0 Å². The van der Waals surface area contributed by atoms with Gasteiger partial charge >= 0.3 is 0 Å². The van der Waals surface area contributed by atoms with Gasteiger partial charge in [0.25, 0.3) is 5.91 Å². The fraction of sp³-hybridized carbons (Fsp3) is 0.500. The van der Waals surface area contributed by atoms with Gasteiger partial charge in [-0.3, -0.25) is 9.69 Å². The molecule has 1 aliphatic heterocycles. The normalized spacial score (nSPS) is 17.4. The minimum absolute atomic E-state index is 0.172. The van der Waals surface area contributed by atoms with E-state index in [9.17, 15) is 4.79 Å². The first-order valence-corrected chi connectivity index (χ1v) is 9.33. The van der Waals surface area contributed by atoms with Crippen LogP contribution in [0.15, 0.2) is 39.5 Å². The summed E-state index contributed by atoms with van der Waals surface area (Å²) >= 11 is 3.23. The van der Waals surface area contributed by atoms with Crippen LogP contribution in [0.1, 0.15) is 48.0 Å². The molecule has 1 fully saturated rings. The number of nitrogens with zero attached hydrogens (tertiary/aromatic N) is 2. The highest BCUT2D eigenvalue weighted by molar-refractivity contribution is 9.10. The predicted molar refractivity (Wildman–Crippen MR) is 96.9 cm³/mol. The van der Waals surface area contributed by atoms with Crippen LogP contribution in [0.3, 0.4) is 0 Å². The fourth-order valence-corrected chi connectivity index (χ4v) is 3.67. The first-order chi connectivity index (χ1) is 11.6. The van der Waals surface area contributed by atoms with Crippen molar-refractivity contribution in [3.8, 4) is 0 Å². The van der Waals surface area contributed by atoms with Crippen molar-refractivity contribution in [1.82, 2.24) is 14.8 Å². The number of furan rings is 1. The number of aryl methyl sites for hydroxylation is 1. The summed E-state index contributed by atoms with van der Waals surface area (Å²) in [6.07, 6.45) is 7.10. The molecule has 5 nitrogen and oxygen atoms in total. The molecule has 0 unspecified atom stereocenters. The summed E-state index contributed by atoms with van der Waals surface area (Å²) in [5.41, 5.74) is 1.23. The molecule has 2 aromatic heterocycles. The molecular formula is C18H24BrN3O2. The van der Waals surface area contributed by atoms with Crippen molar-refractivity contribution < 1.29 is 9.21 Å². The zero-order chi connectivity index (χ0) is 16.9. The third-order valence-electron chi connectivity index (χ3n) is 4.66. The van der Waals surface area contributed by atoms with E-state index in [1.165, 1.54) is 31.4 Å². The second-order valence-electron chi connectivity index (χ2n) is 6.32. The summed E-state index contributed by atoms with van der Waals surface area (Å²) < 4.78 is 8.06. The van der Waals surface area contributed by atoms with E-state index < -0.39 is 0 Å². The van der Waals surface area contributed by atoms with Crippen LogP contribution in [0.25, 0.3) is 0 Å². The first-order valence-electron chi connectivity index (χ1n) is 8.54. The van der Waals surface area contributed by atoms with Crippen molar-refractivity contribution in [1.29, 1.82) is 0 Å². The number of aromatic nitrogens is 1. The lowest BCUT2D eigenvalue weighted by Gasteiger charge is -2.31. The van der Waals surface area contributed by atoms with E-state index in [1.54, 1.807) is 12.1 Å². The van der Waals surface area contributed by atoms with Gasteiger partial charge in [-0.2, -0.15) is 0 Å². The molecule has 0 saturated carbocycles. The van der Waals surface area contributed by atoms with Crippen molar-refractivity contribution >= 4 is 21.8 Å². The van der Waals surface area contributed by atoms with E-state index >= 15 is 0 Å². The van der Waals surface area contributed by atoms with Gasteiger partial charge in [-0.05, 0) is 66.1 Å². The van der Waals surface area contributed by atoms with Crippen molar-refractivity contribution in [2.45, 2.75) is 31.7 Å². The third-order valence-corrected chi connectivity index (χ3v) is 5.09. The van der Waals surface area contributed by atoms with Gasteiger partial charge in [-0.15, -0.1) is 0 Å². The molecule has 1 N–H and O–H groups in total. The van der Waals surface area contributed by atoms with Gasteiger partial charge in [-0.1, -0.05) is 12.8 Å². The number of hydrogen-bond acceptors (Lipinski definition) is 3. The summed E-state index contributed by atoms with van der Waals surface area (Å²) in [5.74, 6) is 0.165. The maximum absolute atomic E-state index is 12.3. The highest BCUT2D eigenvalue weighted by Gasteiger charge is 2.24. The summed E-state index contributed by atoms with van der Waals surface area (Å²) in [5, 5.41) is 3.04. The van der Waals surface area contributed by atoms with E-state index in [2.05, 4.69) is 56.1 Å². The second kappa shape index (κ2) is 8.03. The molecule has 0 aromatic carbocycles. The van der Waals surface area contributed by atoms with Gasteiger partial charge in [-0.25, -0.2) is 0 Å². The van der Waals surface area contributed by atoms with Gasteiger partial charge in [0.15, 0.2) is 10.4 Å². The Morgan fingerprint density at radius 3 is 2.58 bits per heavy atom. The predicted octanol–water partition coefficient (Wildman–Crippen LogP) is 3.73. The Morgan fingerprint density at radius 2 is 2.00 bits per heavy atom. The van der Waals surface area contributed by atoms with Crippen LogP contribution in [-0.2, 0) is 7.05 Å². The molecule has 1 amide bonds. The zero-order valence-corrected chi connectivity index (χ0v) is 15.6. The third kappa shape index (κ3) is 4.11. The van der Waals surface area contributed by atoms with Gasteiger partial charge in [0.1, 0.15) is 0 Å². The zero-order valence-electron chi connectivity index (χ0n) is 14.0. The van der Waals surface area contributed by atoms with Crippen LogP contribution in [0, 0.1) is 0 Å². The van der Waals surface area contributed by atoms with Gasteiger partial charge in [0, 0.05) is 25.5 Å².